The molecule has 2 fully saturated rings. The van der Waals surface area contributed by atoms with Crippen LogP contribution in [0.25, 0.3) is 0 Å². The first-order valence-electron chi connectivity index (χ1n) is 11.8. The lowest BCUT2D eigenvalue weighted by molar-refractivity contribution is -0.119. The second-order valence-electron chi connectivity index (χ2n) is 10.1. The summed E-state index contributed by atoms with van der Waals surface area (Å²) in [6.45, 7) is 7.20. The van der Waals surface area contributed by atoms with E-state index in [9.17, 15) is 18.0 Å². The number of nitrogens with zero attached hydrogens (tertiary/aromatic N) is 2. The number of ether oxygens (including phenoxy) is 1. The standard InChI is InChI=1S/C26H31N3O5S2/c1-17-10-8-9-13-20(17)29-21-15-36(32,33)16-22(21)35-24(29)28-23(30)19(14-18-11-6-5-7-12-18)27-25(31)34-26(2,3)4/h5-13,19,21-22H,14-16H2,1-4H3,(H,27,31)/t19-,21+,22-/m1/s1. The van der Waals surface area contributed by atoms with Crippen LogP contribution >= 0.6 is 11.8 Å². The first-order valence-corrected chi connectivity index (χ1v) is 14.5. The number of nitrogens with one attached hydrogen (secondary N) is 1. The van der Waals surface area contributed by atoms with E-state index in [1.807, 2.05) is 66.4 Å². The summed E-state index contributed by atoms with van der Waals surface area (Å²) in [5.74, 6) is -0.467. The van der Waals surface area contributed by atoms with Gasteiger partial charge >= 0.3 is 6.09 Å². The predicted molar refractivity (Wildman–Crippen MR) is 143 cm³/mol. The number of sulfone groups is 1. The van der Waals surface area contributed by atoms with E-state index in [2.05, 4.69) is 10.3 Å². The average molecular weight is 530 g/mol. The molecule has 0 radical (unpaired) electrons. The number of carbonyl (C=O) groups is 2. The molecule has 0 aromatic heterocycles. The van der Waals surface area contributed by atoms with Crippen molar-refractivity contribution < 1.29 is 22.7 Å². The molecule has 0 bridgehead atoms. The van der Waals surface area contributed by atoms with Crippen molar-refractivity contribution in [2.24, 2.45) is 4.99 Å². The molecular formula is C26H31N3O5S2. The van der Waals surface area contributed by atoms with E-state index in [-0.39, 0.29) is 29.2 Å². The normalized spacial score (nSPS) is 22.8. The summed E-state index contributed by atoms with van der Waals surface area (Å²) < 4.78 is 30.1. The Kier molecular flexibility index (Phi) is 7.47. The van der Waals surface area contributed by atoms with Crippen molar-refractivity contribution in [2.45, 2.75) is 57.1 Å². The Bertz CT molecular complexity index is 1270. The minimum absolute atomic E-state index is 0.00974. The number of aliphatic imine (C=N–C) groups is 1. The van der Waals surface area contributed by atoms with Crippen molar-refractivity contribution in [3.05, 3.63) is 65.7 Å². The summed E-state index contributed by atoms with van der Waals surface area (Å²) in [5.41, 5.74) is 1.92. The third-order valence-electron chi connectivity index (χ3n) is 5.92. The van der Waals surface area contributed by atoms with Gasteiger partial charge in [-0.15, -0.1) is 0 Å². The molecule has 36 heavy (non-hydrogen) atoms. The maximum atomic E-state index is 13.5. The van der Waals surface area contributed by atoms with Gasteiger partial charge in [-0.25, -0.2) is 13.2 Å². The van der Waals surface area contributed by atoms with Gasteiger partial charge in [0.15, 0.2) is 15.0 Å². The summed E-state index contributed by atoms with van der Waals surface area (Å²) in [4.78, 5) is 32.4. The fraction of sp³-hybridized carbons (Fsp3) is 0.423. The van der Waals surface area contributed by atoms with Crippen molar-refractivity contribution in [2.75, 3.05) is 16.4 Å². The largest absolute Gasteiger partial charge is 0.444 e. The fourth-order valence-corrected chi connectivity index (χ4v) is 8.26. The van der Waals surface area contributed by atoms with Gasteiger partial charge in [0.2, 0.25) is 0 Å². The van der Waals surface area contributed by atoms with E-state index in [0.29, 0.717) is 5.17 Å². The molecule has 0 spiro atoms. The topological polar surface area (TPSA) is 105 Å². The maximum Gasteiger partial charge on any atom is 0.408 e. The quantitative estimate of drug-likeness (QED) is 0.629. The number of hydrogen-bond donors (Lipinski definition) is 1. The molecule has 8 nitrogen and oxygen atoms in total. The highest BCUT2D eigenvalue weighted by molar-refractivity contribution is 8.16. The molecule has 2 aromatic carbocycles. The highest BCUT2D eigenvalue weighted by Crippen LogP contribution is 2.41. The van der Waals surface area contributed by atoms with E-state index in [1.54, 1.807) is 20.8 Å². The lowest BCUT2D eigenvalue weighted by Gasteiger charge is -2.26. The molecule has 4 rings (SSSR count). The summed E-state index contributed by atoms with van der Waals surface area (Å²) in [6, 6.07) is 15.8. The van der Waals surface area contributed by atoms with Crippen LogP contribution in [0.5, 0.6) is 0 Å². The van der Waals surface area contributed by atoms with E-state index in [4.69, 9.17) is 4.74 Å². The molecule has 192 valence electrons. The van der Waals surface area contributed by atoms with Gasteiger partial charge in [0.25, 0.3) is 5.91 Å². The van der Waals surface area contributed by atoms with Crippen LogP contribution in [0.1, 0.15) is 31.9 Å². The molecule has 2 aliphatic rings. The molecule has 0 unspecified atom stereocenters. The average Bonchev–Trinajstić information content (AvgIpc) is 3.24. The summed E-state index contributed by atoms with van der Waals surface area (Å²) >= 11 is 1.31. The number of alkyl carbamates (subject to hydrolysis) is 1. The Hall–Kier alpha value is -2.85. The van der Waals surface area contributed by atoms with E-state index in [1.165, 1.54) is 11.8 Å². The number of amidine groups is 1. The number of amides is 2. The van der Waals surface area contributed by atoms with Crippen LogP contribution in [0.4, 0.5) is 10.5 Å². The van der Waals surface area contributed by atoms with Gasteiger partial charge < -0.3 is 15.0 Å². The smallest absolute Gasteiger partial charge is 0.408 e. The molecule has 3 atom stereocenters. The lowest BCUT2D eigenvalue weighted by atomic mass is 10.1. The first kappa shape index (κ1) is 26.2. The lowest BCUT2D eigenvalue weighted by Crippen LogP contribution is -2.45. The number of fused-ring (bicyclic) bond motifs is 1. The minimum Gasteiger partial charge on any atom is -0.444 e. The first-order chi connectivity index (χ1) is 16.9. The SMILES string of the molecule is Cc1ccccc1N1C(=NC(=O)[C@@H](Cc2ccccc2)NC(=O)OC(C)(C)C)S[C@@H]2CS(=O)(=O)C[C@@H]21. The molecule has 2 heterocycles. The molecule has 0 saturated carbocycles. The fourth-order valence-electron chi connectivity index (χ4n) is 4.35. The third-order valence-corrected chi connectivity index (χ3v) is 9.13. The van der Waals surface area contributed by atoms with E-state index in [0.717, 1.165) is 16.8 Å². The molecule has 0 aliphatic carbocycles. The van der Waals surface area contributed by atoms with Gasteiger partial charge in [-0.3, -0.25) is 4.79 Å². The molecule has 2 saturated heterocycles. The number of rotatable bonds is 5. The molecule has 1 N–H and O–H groups in total. The van der Waals surface area contributed by atoms with Crippen LogP contribution < -0.4 is 10.2 Å². The summed E-state index contributed by atoms with van der Waals surface area (Å²) in [5, 5.41) is 2.92. The number of aryl methyl sites for hydroxylation is 1. The number of thioether (sulfide) groups is 1. The zero-order valence-electron chi connectivity index (χ0n) is 20.8. The van der Waals surface area contributed by atoms with Gasteiger partial charge in [-0.1, -0.05) is 60.3 Å². The highest BCUT2D eigenvalue weighted by atomic mass is 32.2. The zero-order valence-corrected chi connectivity index (χ0v) is 22.4. The molecule has 10 heteroatoms. The Labute approximate surface area is 216 Å². The second-order valence-corrected chi connectivity index (χ2v) is 13.4. The number of hydrogen-bond acceptors (Lipinski definition) is 6. The number of anilines is 1. The van der Waals surface area contributed by atoms with Crippen LogP contribution in [-0.2, 0) is 25.8 Å². The third kappa shape index (κ3) is 6.28. The Morgan fingerprint density at radius 3 is 2.44 bits per heavy atom. The summed E-state index contributed by atoms with van der Waals surface area (Å²) in [6.07, 6.45) is -0.457. The Morgan fingerprint density at radius 2 is 1.78 bits per heavy atom. The van der Waals surface area contributed by atoms with Crippen molar-refractivity contribution in [3.63, 3.8) is 0 Å². The van der Waals surface area contributed by atoms with Gasteiger partial charge in [-0.2, -0.15) is 4.99 Å². The van der Waals surface area contributed by atoms with Crippen molar-refractivity contribution >= 4 is 44.5 Å². The number of carbonyl (C=O) groups excluding carboxylic acids is 2. The van der Waals surface area contributed by atoms with Crippen molar-refractivity contribution in [1.82, 2.24) is 5.32 Å². The molecule has 2 aliphatic heterocycles. The van der Waals surface area contributed by atoms with Crippen molar-refractivity contribution in [1.29, 1.82) is 0 Å². The van der Waals surface area contributed by atoms with Crippen LogP contribution in [0.2, 0.25) is 0 Å². The van der Waals surface area contributed by atoms with Gasteiger partial charge in [0, 0.05) is 17.4 Å². The van der Waals surface area contributed by atoms with Gasteiger partial charge in [-0.05, 0) is 44.9 Å². The predicted octanol–water partition coefficient (Wildman–Crippen LogP) is 3.73. The zero-order chi connectivity index (χ0) is 26.1. The summed E-state index contributed by atoms with van der Waals surface area (Å²) in [7, 11) is -3.18. The molecule has 2 aromatic rings. The van der Waals surface area contributed by atoms with E-state index < -0.39 is 33.5 Å². The maximum absolute atomic E-state index is 13.5. The number of benzene rings is 2. The highest BCUT2D eigenvalue weighted by Gasteiger charge is 2.49. The molecule has 2 amide bonds. The van der Waals surface area contributed by atoms with Gasteiger partial charge in [0.05, 0.1) is 17.5 Å². The van der Waals surface area contributed by atoms with Crippen LogP contribution in [0, 0.1) is 6.92 Å². The monoisotopic (exact) mass is 529 g/mol. The van der Waals surface area contributed by atoms with Gasteiger partial charge in [0.1, 0.15) is 11.6 Å². The second kappa shape index (κ2) is 10.3. The van der Waals surface area contributed by atoms with Crippen molar-refractivity contribution in [3.8, 4) is 0 Å². The molecular weight excluding hydrogens is 498 g/mol. The van der Waals surface area contributed by atoms with E-state index >= 15 is 0 Å². The Balaban J connectivity index is 1.66. The van der Waals surface area contributed by atoms with Crippen LogP contribution in [-0.4, -0.2) is 60.0 Å². The Morgan fingerprint density at radius 1 is 1.11 bits per heavy atom. The van der Waals surface area contributed by atoms with Crippen LogP contribution in [0.15, 0.2) is 59.6 Å². The van der Waals surface area contributed by atoms with Crippen LogP contribution in [0.3, 0.4) is 0 Å². The number of para-hydroxylation sites is 1. The minimum atomic E-state index is -3.18.